The molecule has 3 aromatic carbocycles. The summed E-state index contributed by atoms with van der Waals surface area (Å²) in [7, 11) is 4.35. The van der Waals surface area contributed by atoms with Crippen molar-refractivity contribution in [2.75, 3.05) is 32.4 Å². The van der Waals surface area contributed by atoms with Crippen LogP contribution in [0.2, 0.25) is 0 Å². The molecule has 240 valence electrons. The van der Waals surface area contributed by atoms with Crippen molar-refractivity contribution < 1.29 is 28.9 Å². The molecule has 48 heavy (non-hydrogen) atoms. The standard InChI is InChI=1S/C35H28N6O6S/c1-18(33(42)39-21-11-9-19(10-12-21)27-15-23(35(43)44)22-7-5-6-8-26(22)40-27)48-34-25(17-37)30(24(16-36)32(38)41-34)20-13-28(45-2)31(47-4)29(14-20)46-3/h5-15,18H,1-4H3,(H2,38,41)(H,39,42)(H,43,44). The first kappa shape index (κ1) is 33.1. The predicted molar refractivity (Wildman–Crippen MR) is 181 cm³/mol. The normalized spacial score (nSPS) is 11.2. The van der Waals surface area contributed by atoms with Crippen LogP contribution in [0.15, 0.2) is 71.8 Å². The first-order chi connectivity index (χ1) is 23.1. The van der Waals surface area contributed by atoms with Crippen molar-refractivity contribution in [1.82, 2.24) is 9.97 Å². The number of ether oxygens (including phenoxy) is 3. The van der Waals surface area contributed by atoms with Crippen LogP contribution >= 0.6 is 11.8 Å². The first-order valence-electron chi connectivity index (χ1n) is 14.3. The van der Waals surface area contributed by atoms with Gasteiger partial charge in [-0.2, -0.15) is 10.5 Å². The summed E-state index contributed by atoms with van der Waals surface area (Å²) in [6.07, 6.45) is 0. The first-order valence-corrected chi connectivity index (χ1v) is 15.2. The second-order valence-corrected chi connectivity index (χ2v) is 11.6. The molecule has 0 aliphatic carbocycles. The smallest absolute Gasteiger partial charge is 0.336 e. The predicted octanol–water partition coefficient (Wildman–Crippen LogP) is 6.13. The third-order valence-corrected chi connectivity index (χ3v) is 8.51. The molecular formula is C35H28N6O6S. The van der Waals surface area contributed by atoms with Crippen LogP contribution in [0.3, 0.4) is 0 Å². The molecule has 4 N–H and O–H groups in total. The number of fused-ring (bicyclic) bond motifs is 1. The quantitative estimate of drug-likeness (QED) is 0.145. The Labute approximate surface area is 279 Å². The maximum Gasteiger partial charge on any atom is 0.336 e. The fraction of sp³-hybridized carbons (Fsp3) is 0.143. The SMILES string of the molecule is COc1cc(-c2c(C#N)c(N)nc(SC(C)C(=O)Nc3ccc(-c4cc(C(=O)O)c5ccccc5n4)cc3)c2C#N)cc(OC)c1OC. The van der Waals surface area contributed by atoms with Crippen LogP contribution in [-0.2, 0) is 4.79 Å². The number of aromatic nitrogens is 2. The molecule has 0 aliphatic rings. The van der Waals surface area contributed by atoms with Gasteiger partial charge < -0.3 is 30.4 Å². The summed E-state index contributed by atoms with van der Waals surface area (Å²) in [6.45, 7) is 1.65. The number of benzene rings is 3. The van der Waals surface area contributed by atoms with E-state index in [-0.39, 0.29) is 39.0 Å². The zero-order chi connectivity index (χ0) is 34.5. The van der Waals surface area contributed by atoms with Crippen LogP contribution in [0.4, 0.5) is 11.5 Å². The summed E-state index contributed by atoms with van der Waals surface area (Å²) in [5.74, 6) is -0.608. The number of amides is 1. The van der Waals surface area contributed by atoms with Gasteiger partial charge in [0, 0.05) is 22.2 Å². The number of hydrogen-bond acceptors (Lipinski definition) is 11. The zero-order valence-corrected chi connectivity index (χ0v) is 27.0. The number of nitriles is 2. The number of carbonyl (C=O) groups excluding carboxylic acids is 1. The summed E-state index contributed by atoms with van der Waals surface area (Å²) in [4.78, 5) is 34.1. The number of nitrogen functional groups attached to an aromatic ring is 1. The second kappa shape index (κ2) is 14.0. The van der Waals surface area contributed by atoms with Crippen molar-refractivity contribution in [2.24, 2.45) is 0 Å². The van der Waals surface area contributed by atoms with Gasteiger partial charge in [0.25, 0.3) is 0 Å². The molecule has 2 aromatic heterocycles. The van der Waals surface area contributed by atoms with Crippen molar-refractivity contribution in [3.8, 4) is 51.8 Å². The van der Waals surface area contributed by atoms with E-state index >= 15 is 0 Å². The third-order valence-electron chi connectivity index (χ3n) is 7.42. The van der Waals surface area contributed by atoms with Crippen LogP contribution < -0.4 is 25.3 Å². The van der Waals surface area contributed by atoms with Crippen molar-refractivity contribution in [3.63, 3.8) is 0 Å². The number of methoxy groups -OCH3 is 3. The lowest BCUT2D eigenvalue weighted by Crippen LogP contribution is -2.22. The van der Waals surface area contributed by atoms with E-state index in [4.69, 9.17) is 19.9 Å². The number of nitrogens with two attached hydrogens (primary N) is 1. The molecular weight excluding hydrogens is 632 g/mol. The van der Waals surface area contributed by atoms with Gasteiger partial charge in [-0.05, 0) is 48.9 Å². The fourth-order valence-corrected chi connectivity index (χ4v) is 6.00. The van der Waals surface area contributed by atoms with Crippen LogP contribution in [-0.4, -0.2) is 53.5 Å². The summed E-state index contributed by atoms with van der Waals surface area (Å²) in [5, 5.41) is 32.8. The average molecular weight is 661 g/mol. The molecule has 1 amide bonds. The Morgan fingerprint density at radius 2 is 1.54 bits per heavy atom. The Kier molecular flexibility index (Phi) is 9.64. The number of nitrogens with one attached hydrogen (secondary N) is 1. The summed E-state index contributed by atoms with van der Waals surface area (Å²) >= 11 is 1.01. The number of carboxylic acid groups (broad SMARTS) is 1. The number of carboxylic acids is 1. The van der Waals surface area contributed by atoms with E-state index in [0.29, 0.717) is 50.7 Å². The van der Waals surface area contributed by atoms with Gasteiger partial charge in [0.1, 0.15) is 28.5 Å². The fourth-order valence-electron chi connectivity index (χ4n) is 5.09. The topological polar surface area (TPSA) is 193 Å². The van der Waals surface area contributed by atoms with Crippen LogP contribution in [0.1, 0.15) is 28.4 Å². The molecule has 2 heterocycles. The molecule has 1 unspecified atom stereocenters. The zero-order valence-electron chi connectivity index (χ0n) is 26.2. The Bertz CT molecular complexity index is 2130. The van der Waals surface area contributed by atoms with E-state index in [0.717, 1.165) is 11.8 Å². The van der Waals surface area contributed by atoms with Crippen molar-refractivity contribution in [2.45, 2.75) is 17.2 Å². The van der Waals surface area contributed by atoms with E-state index in [2.05, 4.69) is 21.4 Å². The summed E-state index contributed by atoms with van der Waals surface area (Å²) < 4.78 is 16.3. The van der Waals surface area contributed by atoms with Gasteiger partial charge >= 0.3 is 5.97 Å². The maximum atomic E-state index is 13.3. The number of rotatable bonds is 10. The van der Waals surface area contributed by atoms with Gasteiger partial charge in [-0.3, -0.25) is 4.79 Å². The number of anilines is 2. The molecule has 0 bridgehead atoms. The van der Waals surface area contributed by atoms with E-state index in [1.54, 1.807) is 67.6 Å². The van der Waals surface area contributed by atoms with E-state index in [1.165, 1.54) is 27.4 Å². The lowest BCUT2D eigenvalue weighted by molar-refractivity contribution is -0.115. The lowest BCUT2D eigenvalue weighted by Gasteiger charge is -2.18. The summed E-state index contributed by atoms with van der Waals surface area (Å²) in [6, 6.07) is 22.7. The minimum absolute atomic E-state index is 0.0150. The average Bonchev–Trinajstić information content (AvgIpc) is 3.10. The van der Waals surface area contributed by atoms with Crippen molar-refractivity contribution in [3.05, 3.63) is 83.4 Å². The van der Waals surface area contributed by atoms with Gasteiger partial charge in [-0.15, -0.1) is 0 Å². The highest BCUT2D eigenvalue weighted by Gasteiger charge is 2.26. The monoisotopic (exact) mass is 660 g/mol. The Morgan fingerprint density at radius 1 is 0.896 bits per heavy atom. The number of para-hydroxylation sites is 1. The number of aromatic carboxylic acids is 1. The molecule has 5 aromatic rings. The molecule has 0 radical (unpaired) electrons. The molecule has 0 fully saturated rings. The van der Waals surface area contributed by atoms with Gasteiger partial charge in [0.05, 0.1) is 48.9 Å². The lowest BCUT2D eigenvalue weighted by atomic mass is 9.96. The molecule has 5 rings (SSSR count). The number of carbonyl (C=O) groups is 2. The van der Waals surface area contributed by atoms with Crippen molar-refractivity contribution in [1.29, 1.82) is 10.5 Å². The van der Waals surface area contributed by atoms with Crippen LogP contribution in [0.5, 0.6) is 17.2 Å². The largest absolute Gasteiger partial charge is 0.493 e. The van der Waals surface area contributed by atoms with Gasteiger partial charge in [0.2, 0.25) is 11.7 Å². The van der Waals surface area contributed by atoms with E-state index < -0.39 is 11.2 Å². The summed E-state index contributed by atoms with van der Waals surface area (Å²) in [5.41, 5.74) is 9.18. The Morgan fingerprint density at radius 3 is 2.12 bits per heavy atom. The molecule has 0 aliphatic heterocycles. The highest BCUT2D eigenvalue weighted by atomic mass is 32.2. The van der Waals surface area contributed by atoms with E-state index in [9.17, 15) is 25.2 Å². The third kappa shape index (κ3) is 6.35. The highest BCUT2D eigenvalue weighted by Crippen LogP contribution is 2.44. The van der Waals surface area contributed by atoms with E-state index in [1.807, 2.05) is 6.07 Å². The molecule has 13 heteroatoms. The molecule has 1 atom stereocenters. The maximum absolute atomic E-state index is 13.3. The van der Waals surface area contributed by atoms with Crippen LogP contribution in [0, 0.1) is 22.7 Å². The number of nitrogens with zero attached hydrogens (tertiary/aromatic N) is 4. The molecule has 0 saturated heterocycles. The molecule has 12 nitrogen and oxygen atoms in total. The minimum atomic E-state index is -1.06. The van der Waals surface area contributed by atoms with Gasteiger partial charge in [-0.25, -0.2) is 14.8 Å². The van der Waals surface area contributed by atoms with Gasteiger partial charge in [-0.1, -0.05) is 42.1 Å². The molecule has 0 spiro atoms. The van der Waals surface area contributed by atoms with Gasteiger partial charge in [0.15, 0.2) is 11.5 Å². The number of hydrogen-bond donors (Lipinski definition) is 3. The number of pyridine rings is 2. The Hall–Kier alpha value is -6.31. The highest BCUT2D eigenvalue weighted by molar-refractivity contribution is 8.00. The van der Waals surface area contributed by atoms with Crippen molar-refractivity contribution >= 4 is 46.0 Å². The minimum Gasteiger partial charge on any atom is -0.493 e. The Balaban J connectivity index is 1.42. The molecule has 0 saturated carbocycles. The number of thioether (sulfide) groups is 1. The second-order valence-electron chi connectivity index (χ2n) is 10.3. The van der Waals surface area contributed by atoms with Crippen LogP contribution in [0.25, 0.3) is 33.3 Å².